The molecular weight excluding hydrogens is 504 g/mol. The minimum Gasteiger partial charge on any atom is -0.339 e. The van der Waals surface area contributed by atoms with Gasteiger partial charge >= 0.3 is 0 Å². The maximum absolute atomic E-state index is 11.4. The Morgan fingerprint density at radius 3 is 1.23 bits per heavy atom. The van der Waals surface area contributed by atoms with Crippen LogP contribution in [-0.4, -0.2) is 104 Å². The van der Waals surface area contributed by atoms with Crippen molar-refractivity contribution in [1.82, 2.24) is 19.6 Å². The number of hydrogen-bond donors (Lipinski definition) is 0. The maximum Gasteiger partial charge on any atom is 0.249 e. The average Bonchev–Trinajstić information content (AvgIpc) is 2.88. The van der Waals surface area contributed by atoms with Crippen molar-refractivity contribution >= 4 is 23.5 Å². The Morgan fingerprint density at radius 1 is 0.575 bits per heavy atom. The second-order valence-corrected chi connectivity index (χ2v) is 8.72. The lowest BCUT2D eigenvalue weighted by Gasteiger charge is -2.15. The zero-order chi connectivity index (χ0) is 32.3. The fourth-order valence-corrected chi connectivity index (χ4v) is 2.48. The molecule has 0 aromatic heterocycles. The zero-order valence-corrected chi connectivity index (χ0v) is 25.8. The predicted octanol–water partition coefficient (Wildman–Crippen LogP) is 4.48. The van der Waals surface area contributed by atoms with E-state index in [9.17, 15) is 19.2 Å². The molecule has 0 rings (SSSR count). The number of hydrogen-bond acceptors (Lipinski definition) is 5. The number of carbonyl (C=O) groups is 4. The molecule has 224 valence electrons. The first-order valence-electron chi connectivity index (χ1n) is 12.6. The largest absolute Gasteiger partial charge is 0.339 e. The fourth-order valence-electron chi connectivity index (χ4n) is 2.48. The molecule has 0 aromatic rings. The number of Topliss-reactive ketones (excluding diaryl/α,β-unsaturated/α-hetero) is 1. The van der Waals surface area contributed by atoms with Crippen molar-refractivity contribution in [1.29, 1.82) is 0 Å². The molecule has 0 unspecified atom stereocenters. The van der Waals surface area contributed by atoms with Gasteiger partial charge in [-0.15, -0.1) is 32.9 Å². The lowest BCUT2D eigenvalue weighted by atomic mass is 10.1. The summed E-state index contributed by atoms with van der Waals surface area (Å²) in [5.74, 6) is -0.352. The number of nitrogens with zero attached hydrogens (tertiary/aromatic N) is 4. The zero-order valence-electron chi connectivity index (χ0n) is 25.8. The molecule has 0 atom stereocenters. The normalized spacial score (nSPS) is 8.78. The van der Waals surface area contributed by atoms with Crippen LogP contribution >= 0.6 is 0 Å². The van der Waals surface area contributed by atoms with Gasteiger partial charge in [0.1, 0.15) is 5.78 Å². The molecule has 0 aliphatic heterocycles. The Balaban J connectivity index is -0.000000220. The van der Waals surface area contributed by atoms with Gasteiger partial charge < -0.3 is 14.7 Å². The van der Waals surface area contributed by atoms with Gasteiger partial charge in [-0.3, -0.25) is 24.1 Å². The third-order valence-corrected chi connectivity index (χ3v) is 4.46. The van der Waals surface area contributed by atoms with E-state index in [-0.39, 0.29) is 29.9 Å². The van der Waals surface area contributed by atoms with E-state index in [1.807, 2.05) is 19.2 Å². The smallest absolute Gasteiger partial charge is 0.249 e. The number of carbonyl (C=O) groups excluding carboxylic acids is 4. The highest BCUT2D eigenvalue weighted by molar-refractivity contribution is 5.98. The lowest BCUT2D eigenvalue weighted by molar-refractivity contribution is -0.127. The van der Waals surface area contributed by atoms with E-state index < -0.39 is 0 Å². The van der Waals surface area contributed by atoms with Crippen molar-refractivity contribution in [2.24, 2.45) is 0 Å². The van der Waals surface area contributed by atoms with Crippen molar-refractivity contribution in [2.45, 2.75) is 20.3 Å². The van der Waals surface area contributed by atoms with Crippen LogP contribution in [-0.2, 0) is 19.2 Å². The summed E-state index contributed by atoms with van der Waals surface area (Å²) in [7, 11) is 7.10. The third kappa shape index (κ3) is 27.0. The van der Waals surface area contributed by atoms with Crippen LogP contribution in [0, 0.1) is 0 Å². The van der Waals surface area contributed by atoms with Gasteiger partial charge in [0.15, 0.2) is 0 Å². The summed E-state index contributed by atoms with van der Waals surface area (Å²) < 4.78 is 0. The summed E-state index contributed by atoms with van der Waals surface area (Å²) >= 11 is 0. The summed E-state index contributed by atoms with van der Waals surface area (Å²) in [6.07, 6.45) is 10.1. The topological polar surface area (TPSA) is 81.2 Å². The summed E-state index contributed by atoms with van der Waals surface area (Å²) in [5.41, 5.74) is 0.890. The first kappa shape index (κ1) is 43.0. The van der Waals surface area contributed by atoms with E-state index >= 15 is 0 Å². The second kappa shape index (κ2) is 28.0. The van der Waals surface area contributed by atoms with Gasteiger partial charge in [-0.25, -0.2) is 0 Å². The molecule has 0 heterocycles. The minimum absolute atomic E-state index is 0.0279. The molecule has 0 fully saturated rings. The molecular formula is C32H52N4O4. The van der Waals surface area contributed by atoms with Gasteiger partial charge in [0.2, 0.25) is 17.7 Å². The van der Waals surface area contributed by atoms with Crippen LogP contribution in [0.5, 0.6) is 0 Å². The highest BCUT2D eigenvalue weighted by Crippen LogP contribution is 2.03. The average molecular weight is 557 g/mol. The van der Waals surface area contributed by atoms with E-state index in [1.165, 1.54) is 22.8 Å². The molecule has 0 aliphatic rings. The Kier molecular flexibility index (Phi) is 30.1. The lowest BCUT2D eigenvalue weighted by Crippen LogP contribution is -2.28. The SMILES string of the molecule is C=CCN(C)C(=O)C(=C)C.C=CCN(C)C(=O)C(=C)CC(C)=O.C=CCN(C)C(=O)C=C.C=CCN(C)CC=C. The highest BCUT2D eigenvalue weighted by Gasteiger charge is 2.12. The monoisotopic (exact) mass is 556 g/mol. The van der Waals surface area contributed by atoms with Gasteiger partial charge in [-0.2, -0.15) is 0 Å². The molecule has 8 nitrogen and oxygen atoms in total. The predicted molar refractivity (Wildman–Crippen MR) is 171 cm³/mol. The van der Waals surface area contributed by atoms with Crippen molar-refractivity contribution in [3.05, 3.63) is 100 Å². The van der Waals surface area contributed by atoms with Crippen molar-refractivity contribution in [3.8, 4) is 0 Å². The second-order valence-electron chi connectivity index (χ2n) is 8.72. The molecule has 0 spiro atoms. The molecule has 0 bridgehead atoms. The Hall–Kier alpha value is -4.04. The van der Waals surface area contributed by atoms with Gasteiger partial charge in [-0.1, -0.05) is 50.1 Å². The van der Waals surface area contributed by atoms with Gasteiger partial charge in [0.05, 0.1) is 0 Å². The number of likely N-dealkylation sites (N-methyl/N-ethyl adjacent to an activating group) is 4. The first-order valence-corrected chi connectivity index (χ1v) is 12.6. The Bertz CT molecular complexity index is 879. The van der Waals surface area contributed by atoms with E-state index in [0.717, 1.165) is 13.1 Å². The summed E-state index contributed by atoms with van der Waals surface area (Å²) in [4.78, 5) is 50.4. The van der Waals surface area contributed by atoms with Crippen LogP contribution in [0.15, 0.2) is 100 Å². The van der Waals surface area contributed by atoms with Crippen LogP contribution in [0.4, 0.5) is 0 Å². The molecule has 8 heteroatoms. The molecule has 0 saturated carbocycles. The Morgan fingerprint density at radius 2 is 0.925 bits per heavy atom. The summed E-state index contributed by atoms with van der Waals surface area (Å²) in [6, 6.07) is 0. The summed E-state index contributed by atoms with van der Waals surface area (Å²) in [5, 5.41) is 0. The van der Waals surface area contributed by atoms with Crippen LogP contribution in [0.3, 0.4) is 0 Å². The molecule has 0 aliphatic carbocycles. The third-order valence-electron chi connectivity index (χ3n) is 4.46. The Labute approximate surface area is 243 Å². The van der Waals surface area contributed by atoms with Crippen LogP contribution in [0.2, 0.25) is 0 Å². The number of ketones is 1. The number of rotatable bonds is 15. The first-order chi connectivity index (χ1) is 18.6. The minimum atomic E-state index is -0.199. The summed E-state index contributed by atoms with van der Waals surface area (Å²) in [6.45, 7) is 34.8. The molecule has 3 amide bonds. The molecule has 0 N–H and O–H groups in total. The van der Waals surface area contributed by atoms with Crippen molar-refractivity contribution in [2.75, 3.05) is 60.9 Å². The highest BCUT2D eigenvalue weighted by atomic mass is 16.2. The van der Waals surface area contributed by atoms with Gasteiger partial charge in [0.25, 0.3) is 0 Å². The molecule has 0 aromatic carbocycles. The maximum atomic E-state index is 11.4. The van der Waals surface area contributed by atoms with Crippen LogP contribution < -0.4 is 0 Å². The standard InChI is InChI=1S/C10H15NO2.C8H13NO.C7H11NO.C7H13N/c1-5-6-11(4)10(13)8(2)7-9(3)12;1-5-6-9(4)8(10)7(2)3;1-4-6-8(3)7(9)5-2;1-4-6-8(3)7-5-2/h5H,1-2,6-7H2,3-4H3;5H,1-2,6H2,3-4H3;4-5H,1-2,6H2,3H3;4-5H,1-2,6-7H2,3H3. The fraction of sp³-hybridized carbons (Fsp3) is 0.375. The molecule has 0 radical (unpaired) electrons. The van der Waals surface area contributed by atoms with E-state index in [1.54, 1.807) is 51.2 Å². The number of amides is 3. The van der Waals surface area contributed by atoms with Crippen LogP contribution in [0.1, 0.15) is 20.3 Å². The van der Waals surface area contributed by atoms with Gasteiger partial charge in [0, 0.05) is 71.4 Å². The van der Waals surface area contributed by atoms with E-state index in [2.05, 4.69) is 57.5 Å². The van der Waals surface area contributed by atoms with Gasteiger partial charge in [-0.05, 0) is 27.0 Å². The molecule has 0 saturated heterocycles. The quantitative estimate of drug-likeness (QED) is 0.219. The van der Waals surface area contributed by atoms with E-state index in [0.29, 0.717) is 30.8 Å². The molecule has 40 heavy (non-hydrogen) atoms. The van der Waals surface area contributed by atoms with E-state index in [4.69, 9.17) is 0 Å². The van der Waals surface area contributed by atoms with Crippen molar-refractivity contribution < 1.29 is 19.2 Å². The van der Waals surface area contributed by atoms with Crippen LogP contribution in [0.25, 0.3) is 0 Å². The van der Waals surface area contributed by atoms with Crippen molar-refractivity contribution in [3.63, 3.8) is 0 Å².